The summed E-state index contributed by atoms with van der Waals surface area (Å²) < 4.78 is 43.5. The average Bonchev–Trinajstić information content (AvgIpc) is 2.23. The van der Waals surface area contributed by atoms with Gasteiger partial charge in [-0.25, -0.2) is 13.8 Å². The van der Waals surface area contributed by atoms with Gasteiger partial charge in [-0.15, -0.1) is 0 Å². The first-order valence-electron chi connectivity index (χ1n) is 5.06. The third kappa shape index (κ3) is 5.82. The van der Waals surface area contributed by atoms with Crippen LogP contribution in [0.5, 0.6) is 0 Å². The van der Waals surface area contributed by atoms with Crippen molar-refractivity contribution in [1.82, 2.24) is 0 Å². The van der Waals surface area contributed by atoms with Gasteiger partial charge in [0.25, 0.3) is 0 Å². The van der Waals surface area contributed by atoms with Crippen molar-refractivity contribution in [2.24, 2.45) is 0 Å². The van der Waals surface area contributed by atoms with E-state index in [9.17, 15) is 18.0 Å². The molecule has 0 rings (SSSR count). The predicted octanol–water partition coefficient (Wildman–Crippen LogP) is -0.204. The molecule has 0 aromatic carbocycles. The van der Waals surface area contributed by atoms with E-state index in [2.05, 4.69) is 13.7 Å². The van der Waals surface area contributed by atoms with Gasteiger partial charge in [0.1, 0.15) is 0 Å². The van der Waals surface area contributed by atoms with Crippen molar-refractivity contribution in [3.8, 4) is 0 Å². The topological polar surface area (TPSA) is 116 Å². The van der Waals surface area contributed by atoms with E-state index in [-0.39, 0.29) is 0 Å². The molecule has 0 amide bonds. The molecule has 0 saturated carbocycles. The molecule has 0 heterocycles. The highest BCUT2D eigenvalue weighted by atomic mass is 32.3. The van der Waals surface area contributed by atoms with Crippen LogP contribution in [0, 0.1) is 0 Å². The molecule has 0 fully saturated rings. The number of ether oxygens (including phenoxy) is 2. The molecule has 19 heavy (non-hydrogen) atoms. The highest BCUT2D eigenvalue weighted by Crippen LogP contribution is 2.54. The Kier molecular flexibility index (Phi) is 6.34. The summed E-state index contributed by atoms with van der Waals surface area (Å²) in [6.45, 7) is 5.08. The average molecular weight is 317 g/mol. The van der Waals surface area contributed by atoms with Gasteiger partial charge in [-0.1, -0.05) is 0 Å². The standard InChI is InChI=1S/C9H17O8PS/c1-15-8(10)6(17-19(12,13)14)7(9(11)16-2)18(3,4)5/h6-7H,1-5H3/p+1. The van der Waals surface area contributed by atoms with Crippen LogP contribution in [0.4, 0.5) is 0 Å². The quantitative estimate of drug-likeness (QED) is 0.406. The summed E-state index contributed by atoms with van der Waals surface area (Å²) in [6, 6.07) is 0. The van der Waals surface area contributed by atoms with Gasteiger partial charge < -0.3 is 9.47 Å². The molecule has 1 N–H and O–H groups in total. The molecule has 0 radical (unpaired) electrons. The van der Waals surface area contributed by atoms with E-state index in [1.807, 2.05) is 0 Å². The Labute approximate surface area is 112 Å². The van der Waals surface area contributed by atoms with Gasteiger partial charge in [0.15, 0.2) is 0 Å². The number of carbonyl (C=O) groups excluding carboxylic acids is 2. The summed E-state index contributed by atoms with van der Waals surface area (Å²) in [7, 11) is -4.88. The van der Waals surface area contributed by atoms with Crippen molar-refractivity contribution >= 4 is 29.6 Å². The van der Waals surface area contributed by atoms with Crippen LogP contribution in [0.1, 0.15) is 0 Å². The molecule has 0 spiro atoms. The van der Waals surface area contributed by atoms with Crippen LogP contribution in [0.3, 0.4) is 0 Å². The minimum Gasteiger partial charge on any atom is -0.467 e. The summed E-state index contributed by atoms with van der Waals surface area (Å²) >= 11 is 0. The van der Waals surface area contributed by atoms with Crippen molar-refractivity contribution < 1.29 is 36.2 Å². The fraction of sp³-hybridized carbons (Fsp3) is 0.778. The van der Waals surface area contributed by atoms with E-state index in [4.69, 9.17) is 4.55 Å². The first-order valence-corrected chi connectivity index (χ1v) is 9.63. The van der Waals surface area contributed by atoms with Crippen molar-refractivity contribution in [3.63, 3.8) is 0 Å². The van der Waals surface area contributed by atoms with E-state index in [0.29, 0.717) is 0 Å². The van der Waals surface area contributed by atoms with Crippen molar-refractivity contribution in [1.29, 1.82) is 0 Å². The smallest absolute Gasteiger partial charge is 0.398 e. The van der Waals surface area contributed by atoms with E-state index in [1.165, 1.54) is 0 Å². The Hall–Kier alpha value is -0.760. The van der Waals surface area contributed by atoms with E-state index in [1.54, 1.807) is 20.0 Å². The molecular weight excluding hydrogens is 299 g/mol. The maximum Gasteiger partial charge on any atom is 0.398 e. The molecule has 8 nitrogen and oxygen atoms in total. The SMILES string of the molecule is COC(=O)C(OS(=O)(=O)O)C(C(=O)OC)[P+](C)(C)C. The van der Waals surface area contributed by atoms with Crippen LogP contribution in [-0.4, -0.2) is 70.9 Å². The monoisotopic (exact) mass is 317 g/mol. The molecule has 2 unspecified atom stereocenters. The van der Waals surface area contributed by atoms with E-state index >= 15 is 0 Å². The molecule has 0 aromatic heterocycles. The summed E-state index contributed by atoms with van der Waals surface area (Å²) in [5.74, 6) is -1.89. The molecule has 0 bridgehead atoms. The number of esters is 2. The number of carbonyl (C=O) groups is 2. The van der Waals surface area contributed by atoms with Crippen LogP contribution < -0.4 is 0 Å². The lowest BCUT2D eigenvalue weighted by molar-refractivity contribution is -0.154. The maximum atomic E-state index is 11.7. The summed E-state index contributed by atoms with van der Waals surface area (Å²) in [5, 5.41) is 0. The van der Waals surface area contributed by atoms with Crippen LogP contribution >= 0.6 is 7.26 Å². The zero-order valence-corrected chi connectivity index (χ0v) is 13.0. The van der Waals surface area contributed by atoms with Crippen LogP contribution in [-0.2, 0) is 33.6 Å². The normalized spacial score (nSPS) is 15.5. The molecular formula is C9H18O8PS+. The van der Waals surface area contributed by atoms with Crippen molar-refractivity contribution in [3.05, 3.63) is 0 Å². The lowest BCUT2D eigenvalue weighted by atomic mass is 10.2. The molecule has 2 atom stereocenters. The molecule has 0 aliphatic rings. The van der Waals surface area contributed by atoms with Gasteiger partial charge in [-0.2, -0.15) is 8.42 Å². The first-order chi connectivity index (χ1) is 8.44. The van der Waals surface area contributed by atoms with Gasteiger partial charge >= 0.3 is 22.3 Å². The second-order valence-corrected chi connectivity index (χ2v) is 10.4. The minimum atomic E-state index is -4.92. The molecule has 0 aliphatic carbocycles. The summed E-state index contributed by atoms with van der Waals surface area (Å²) in [6.07, 6.45) is -1.78. The largest absolute Gasteiger partial charge is 0.467 e. The van der Waals surface area contributed by atoms with Gasteiger partial charge in [-0.3, -0.25) is 4.55 Å². The Morgan fingerprint density at radius 1 is 1.05 bits per heavy atom. The fourth-order valence-electron chi connectivity index (χ4n) is 1.43. The van der Waals surface area contributed by atoms with Crippen LogP contribution in [0.25, 0.3) is 0 Å². The van der Waals surface area contributed by atoms with Crippen molar-refractivity contribution in [2.45, 2.75) is 11.8 Å². The first kappa shape index (κ1) is 18.2. The summed E-state index contributed by atoms with van der Waals surface area (Å²) in [5.41, 5.74) is -1.16. The fourth-order valence-corrected chi connectivity index (χ4v) is 3.70. The zero-order valence-electron chi connectivity index (χ0n) is 11.3. The lowest BCUT2D eigenvalue weighted by Crippen LogP contribution is -2.45. The minimum absolute atomic E-state index is 0.806. The number of methoxy groups -OCH3 is 2. The Morgan fingerprint density at radius 2 is 1.47 bits per heavy atom. The van der Waals surface area contributed by atoms with Crippen molar-refractivity contribution in [2.75, 3.05) is 34.2 Å². The highest BCUT2D eigenvalue weighted by Gasteiger charge is 2.51. The molecule has 0 aromatic rings. The molecule has 0 aliphatic heterocycles. The molecule has 0 saturated heterocycles. The highest BCUT2D eigenvalue weighted by molar-refractivity contribution is 7.81. The number of hydrogen-bond donors (Lipinski definition) is 1. The predicted molar refractivity (Wildman–Crippen MR) is 68.9 cm³/mol. The lowest BCUT2D eigenvalue weighted by Gasteiger charge is -2.26. The third-order valence-electron chi connectivity index (χ3n) is 2.22. The number of hydrogen-bond acceptors (Lipinski definition) is 7. The van der Waals surface area contributed by atoms with E-state index in [0.717, 1.165) is 14.2 Å². The summed E-state index contributed by atoms with van der Waals surface area (Å²) in [4.78, 5) is 23.3. The van der Waals surface area contributed by atoms with E-state index < -0.39 is 41.4 Å². The Morgan fingerprint density at radius 3 is 1.74 bits per heavy atom. The number of rotatable bonds is 6. The second-order valence-electron chi connectivity index (χ2n) is 4.55. The van der Waals surface area contributed by atoms with Crippen LogP contribution in [0.2, 0.25) is 0 Å². The van der Waals surface area contributed by atoms with Gasteiger partial charge in [0.2, 0.25) is 11.8 Å². The Balaban J connectivity index is 5.63. The second kappa shape index (κ2) is 6.60. The van der Waals surface area contributed by atoms with Gasteiger partial charge in [0.05, 0.1) is 14.2 Å². The maximum absolute atomic E-state index is 11.7. The zero-order chi connectivity index (χ0) is 15.4. The third-order valence-corrected chi connectivity index (χ3v) is 4.82. The van der Waals surface area contributed by atoms with Crippen LogP contribution in [0.15, 0.2) is 0 Å². The van der Waals surface area contributed by atoms with Gasteiger partial charge in [-0.05, 0) is 0 Å². The molecule has 10 heteroatoms. The Bertz CT molecular complexity index is 438. The molecule has 112 valence electrons. The van der Waals surface area contributed by atoms with Gasteiger partial charge in [0, 0.05) is 27.3 Å².